The molecule has 0 atom stereocenters. The summed E-state index contributed by atoms with van der Waals surface area (Å²) in [5.41, 5.74) is -0.186. The SMILES string of the molecule is O=C(C=Cc1cccc(C(F)(F)F)c1)Nc1nc2ccc([N+](=O)[O-])cc2s1. The number of aromatic nitrogens is 1. The van der Waals surface area contributed by atoms with E-state index in [1.807, 2.05) is 0 Å². The van der Waals surface area contributed by atoms with Gasteiger partial charge in [0.1, 0.15) is 0 Å². The van der Waals surface area contributed by atoms with Gasteiger partial charge in [-0.15, -0.1) is 0 Å². The van der Waals surface area contributed by atoms with E-state index in [2.05, 4.69) is 10.3 Å². The van der Waals surface area contributed by atoms with Crippen LogP contribution in [0.2, 0.25) is 0 Å². The third kappa shape index (κ3) is 4.47. The molecule has 0 spiro atoms. The number of hydrogen-bond acceptors (Lipinski definition) is 5. The van der Waals surface area contributed by atoms with E-state index in [4.69, 9.17) is 0 Å². The molecule has 0 saturated carbocycles. The lowest BCUT2D eigenvalue weighted by Gasteiger charge is -2.06. The molecule has 0 saturated heterocycles. The van der Waals surface area contributed by atoms with Crippen molar-refractivity contribution < 1.29 is 22.9 Å². The van der Waals surface area contributed by atoms with Gasteiger partial charge in [-0.25, -0.2) is 4.98 Å². The first kappa shape index (κ1) is 18.5. The number of carbonyl (C=O) groups is 1. The maximum Gasteiger partial charge on any atom is 0.416 e. The van der Waals surface area contributed by atoms with Gasteiger partial charge in [0.2, 0.25) is 5.91 Å². The van der Waals surface area contributed by atoms with Gasteiger partial charge in [0.15, 0.2) is 5.13 Å². The van der Waals surface area contributed by atoms with Gasteiger partial charge in [-0.05, 0) is 29.8 Å². The first-order valence-corrected chi connectivity index (χ1v) is 8.25. The average Bonchev–Trinajstić information content (AvgIpc) is 3.00. The fraction of sp³-hybridized carbons (Fsp3) is 0.0588. The Balaban J connectivity index is 1.73. The highest BCUT2D eigenvalue weighted by Crippen LogP contribution is 2.30. The van der Waals surface area contributed by atoms with Gasteiger partial charge in [0.25, 0.3) is 5.69 Å². The topological polar surface area (TPSA) is 85.1 Å². The molecule has 6 nitrogen and oxygen atoms in total. The third-order valence-electron chi connectivity index (χ3n) is 3.45. The summed E-state index contributed by atoms with van der Waals surface area (Å²) in [6.45, 7) is 0. The zero-order chi connectivity index (χ0) is 19.6. The fourth-order valence-corrected chi connectivity index (χ4v) is 3.12. The maximum atomic E-state index is 12.7. The number of amides is 1. The second kappa shape index (κ2) is 7.16. The van der Waals surface area contributed by atoms with Crippen molar-refractivity contribution in [2.24, 2.45) is 0 Å². The zero-order valence-electron chi connectivity index (χ0n) is 13.4. The highest BCUT2D eigenvalue weighted by Gasteiger charge is 2.30. The molecule has 3 rings (SSSR count). The first-order chi connectivity index (χ1) is 12.7. The van der Waals surface area contributed by atoms with Gasteiger partial charge in [0, 0.05) is 18.2 Å². The van der Waals surface area contributed by atoms with Crippen LogP contribution in [0.15, 0.2) is 48.5 Å². The lowest BCUT2D eigenvalue weighted by Crippen LogP contribution is -2.07. The minimum atomic E-state index is -4.46. The molecule has 0 radical (unpaired) electrons. The van der Waals surface area contributed by atoms with E-state index in [9.17, 15) is 28.1 Å². The minimum absolute atomic E-state index is 0.0894. The molecule has 0 bridgehead atoms. The van der Waals surface area contributed by atoms with E-state index in [0.29, 0.717) is 10.2 Å². The van der Waals surface area contributed by atoms with E-state index in [0.717, 1.165) is 29.5 Å². The Morgan fingerprint density at radius 3 is 2.70 bits per heavy atom. The predicted molar refractivity (Wildman–Crippen MR) is 95.4 cm³/mol. The van der Waals surface area contributed by atoms with E-state index in [-0.39, 0.29) is 16.4 Å². The summed E-state index contributed by atoms with van der Waals surface area (Å²) in [6, 6.07) is 8.69. The number of anilines is 1. The average molecular weight is 393 g/mol. The first-order valence-electron chi connectivity index (χ1n) is 7.44. The zero-order valence-corrected chi connectivity index (χ0v) is 14.2. The molecule has 1 N–H and O–H groups in total. The number of halogens is 3. The lowest BCUT2D eigenvalue weighted by atomic mass is 10.1. The predicted octanol–water partition coefficient (Wildman–Crippen LogP) is 4.88. The number of nitro benzene ring substituents is 1. The number of nitrogens with zero attached hydrogens (tertiary/aromatic N) is 2. The van der Waals surface area contributed by atoms with Crippen LogP contribution < -0.4 is 5.32 Å². The molecule has 27 heavy (non-hydrogen) atoms. The molecule has 138 valence electrons. The van der Waals surface area contributed by atoms with E-state index >= 15 is 0 Å². The van der Waals surface area contributed by atoms with Gasteiger partial charge in [-0.1, -0.05) is 23.5 Å². The molecule has 0 aliphatic carbocycles. The van der Waals surface area contributed by atoms with Crippen molar-refractivity contribution in [3.05, 3.63) is 69.8 Å². The van der Waals surface area contributed by atoms with Crippen LogP contribution in [0, 0.1) is 10.1 Å². The lowest BCUT2D eigenvalue weighted by molar-refractivity contribution is -0.384. The number of thiazole rings is 1. The van der Waals surface area contributed by atoms with Gasteiger partial charge >= 0.3 is 6.18 Å². The standard InChI is InChI=1S/C17H10F3N3O3S/c18-17(19,20)11-3-1-2-10(8-11)4-7-15(24)22-16-21-13-6-5-12(23(25)26)9-14(13)27-16/h1-9H,(H,21,22,24). The number of nitrogens with one attached hydrogen (secondary N) is 1. The van der Waals surface area contributed by atoms with Gasteiger partial charge in [-0.2, -0.15) is 13.2 Å². The van der Waals surface area contributed by atoms with Crippen molar-refractivity contribution in [1.82, 2.24) is 4.98 Å². The van der Waals surface area contributed by atoms with Crippen molar-refractivity contribution in [2.75, 3.05) is 5.32 Å². The Morgan fingerprint density at radius 1 is 1.22 bits per heavy atom. The number of carbonyl (C=O) groups excluding carboxylic acids is 1. The number of benzene rings is 2. The largest absolute Gasteiger partial charge is 0.416 e. The summed E-state index contributed by atoms with van der Waals surface area (Å²) in [7, 11) is 0. The van der Waals surface area contributed by atoms with Crippen molar-refractivity contribution >= 4 is 44.4 Å². The van der Waals surface area contributed by atoms with Crippen LogP contribution in [0.3, 0.4) is 0 Å². The van der Waals surface area contributed by atoms with Gasteiger partial charge < -0.3 is 0 Å². The van der Waals surface area contributed by atoms with Crippen molar-refractivity contribution in [3.8, 4) is 0 Å². The van der Waals surface area contributed by atoms with Crippen LogP contribution in [0.25, 0.3) is 16.3 Å². The normalized spacial score (nSPS) is 11.8. The Bertz CT molecular complexity index is 1060. The number of rotatable bonds is 4. The van der Waals surface area contributed by atoms with Crippen LogP contribution in [-0.2, 0) is 11.0 Å². The van der Waals surface area contributed by atoms with Crippen LogP contribution in [0.4, 0.5) is 24.0 Å². The molecule has 3 aromatic rings. The molecule has 0 fully saturated rings. The van der Waals surface area contributed by atoms with E-state index in [1.54, 1.807) is 0 Å². The summed E-state index contributed by atoms with van der Waals surface area (Å²) in [4.78, 5) is 26.3. The van der Waals surface area contributed by atoms with Crippen molar-refractivity contribution in [2.45, 2.75) is 6.18 Å². The van der Waals surface area contributed by atoms with E-state index in [1.165, 1.54) is 36.4 Å². The minimum Gasteiger partial charge on any atom is -0.298 e. The van der Waals surface area contributed by atoms with E-state index < -0.39 is 22.6 Å². The molecule has 0 unspecified atom stereocenters. The van der Waals surface area contributed by atoms with Gasteiger partial charge in [-0.3, -0.25) is 20.2 Å². The molecule has 1 amide bonds. The highest BCUT2D eigenvalue weighted by atomic mass is 32.1. The summed E-state index contributed by atoms with van der Waals surface area (Å²) < 4.78 is 38.6. The summed E-state index contributed by atoms with van der Waals surface area (Å²) in [6.07, 6.45) is -2.12. The quantitative estimate of drug-likeness (QED) is 0.389. The monoisotopic (exact) mass is 393 g/mol. The molecular weight excluding hydrogens is 383 g/mol. The van der Waals surface area contributed by atoms with Crippen molar-refractivity contribution in [1.29, 1.82) is 0 Å². The molecule has 0 aliphatic heterocycles. The third-order valence-corrected chi connectivity index (χ3v) is 4.39. The van der Waals surface area contributed by atoms with Crippen LogP contribution in [0.1, 0.15) is 11.1 Å². The molecule has 10 heteroatoms. The second-order valence-electron chi connectivity index (χ2n) is 5.37. The second-order valence-corrected chi connectivity index (χ2v) is 6.40. The molecular formula is C17H10F3N3O3S. The number of nitro groups is 1. The van der Waals surface area contributed by atoms with Crippen LogP contribution in [0.5, 0.6) is 0 Å². The Kier molecular flexibility index (Phi) is 4.91. The van der Waals surface area contributed by atoms with Gasteiger partial charge in [0.05, 0.1) is 20.7 Å². The smallest absolute Gasteiger partial charge is 0.298 e. The molecule has 1 aromatic heterocycles. The van der Waals surface area contributed by atoms with Crippen LogP contribution in [-0.4, -0.2) is 15.8 Å². The highest BCUT2D eigenvalue weighted by molar-refractivity contribution is 7.22. The summed E-state index contributed by atoms with van der Waals surface area (Å²) in [5, 5.41) is 13.5. The number of alkyl halides is 3. The van der Waals surface area contributed by atoms with Crippen molar-refractivity contribution in [3.63, 3.8) is 0 Å². The number of non-ortho nitro benzene ring substituents is 1. The number of hydrogen-bond donors (Lipinski definition) is 1. The molecule has 0 aliphatic rings. The molecule has 2 aromatic carbocycles. The summed E-state index contributed by atoms with van der Waals surface area (Å²) in [5.74, 6) is -0.582. The maximum absolute atomic E-state index is 12.7. The summed E-state index contributed by atoms with van der Waals surface area (Å²) >= 11 is 1.05. The fourth-order valence-electron chi connectivity index (χ4n) is 2.22. The Labute approximate surface area is 154 Å². The Hall–Kier alpha value is -3.27. The Morgan fingerprint density at radius 2 is 2.00 bits per heavy atom. The number of fused-ring (bicyclic) bond motifs is 1. The molecule has 1 heterocycles. The van der Waals surface area contributed by atoms with Crippen LogP contribution >= 0.6 is 11.3 Å².